The zero-order chi connectivity index (χ0) is 46.9. The number of rotatable bonds is 21. The molecule has 4 aromatic carbocycles. The molecule has 0 aromatic heterocycles. The Morgan fingerprint density at radius 2 is 1.70 bits per heavy atom. The quantitative estimate of drug-likeness (QED) is 0.0352. The van der Waals surface area contributed by atoms with E-state index in [0.717, 1.165) is 48.7 Å². The summed E-state index contributed by atoms with van der Waals surface area (Å²) in [5.41, 5.74) is 4.32. The molecule has 2 aliphatic heterocycles. The Bertz CT molecular complexity index is 2530. The van der Waals surface area contributed by atoms with Crippen LogP contribution in [0.2, 0.25) is 0 Å². The van der Waals surface area contributed by atoms with Gasteiger partial charge in [0.1, 0.15) is 35.6 Å². The number of nitrogens with zero attached hydrogens (tertiary/aromatic N) is 3. The summed E-state index contributed by atoms with van der Waals surface area (Å²) in [6, 6.07) is 24.3. The van der Waals surface area contributed by atoms with Crippen LogP contribution in [0.4, 0.5) is 0 Å². The number of carbonyl (C=O) groups is 2. The lowest BCUT2D eigenvalue weighted by molar-refractivity contribution is -0.255. The molecule has 6 atom stereocenters. The van der Waals surface area contributed by atoms with Crippen molar-refractivity contribution in [3.05, 3.63) is 131 Å². The van der Waals surface area contributed by atoms with Crippen molar-refractivity contribution in [2.24, 2.45) is 22.9 Å². The highest BCUT2D eigenvalue weighted by Crippen LogP contribution is 2.62. The van der Waals surface area contributed by atoms with Gasteiger partial charge < -0.3 is 48.4 Å². The molecule has 350 valence electrons. The number of nitriles is 1. The van der Waals surface area contributed by atoms with Gasteiger partial charge in [-0.15, -0.1) is 6.58 Å². The molecule has 4 aromatic rings. The molecule has 0 bridgehead atoms. The van der Waals surface area contributed by atoms with Gasteiger partial charge in [-0.2, -0.15) is 5.26 Å². The monoisotopic (exact) mass is 911 g/mol. The summed E-state index contributed by atoms with van der Waals surface area (Å²) in [5, 5.41) is 34.5. The number of methoxy groups -OCH3 is 1. The Labute approximate surface area is 390 Å². The van der Waals surface area contributed by atoms with E-state index in [2.05, 4.69) is 18.7 Å². The summed E-state index contributed by atoms with van der Waals surface area (Å²) in [6.07, 6.45) is 9.17. The van der Waals surface area contributed by atoms with E-state index in [4.69, 9.17) is 38.4 Å². The molecule has 1 amide bonds. The van der Waals surface area contributed by atoms with Gasteiger partial charge in [0, 0.05) is 43.2 Å². The zero-order valence-corrected chi connectivity index (χ0v) is 37.9. The van der Waals surface area contributed by atoms with Crippen LogP contribution in [0.25, 0.3) is 0 Å². The lowest BCUT2D eigenvalue weighted by atomic mass is 9.55. The zero-order valence-electron chi connectivity index (χ0n) is 37.9. The number of carbonyl (C=O) groups excluding carboxylic acids is 2. The minimum absolute atomic E-state index is 0.0132. The Morgan fingerprint density at radius 3 is 2.43 bits per heavy atom. The minimum atomic E-state index is -1.54. The van der Waals surface area contributed by atoms with Crippen molar-refractivity contribution < 1.29 is 53.1 Å². The van der Waals surface area contributed by atoms with E-state index in [9.17, 15) is 20.3 Å². The number of allylic oxidation sites excluding steroid dienone is 1. The summed E-state index contributed by atoms with van der Waals surface area (Å²) < 4.78 is 37.9. The van der Waals surface area contributed by atoms with Crippen molar-refractivity contribution in [2.45, 2.75) is 76.2 Å². The Hall–Kier alpha value is -6.66. The third-order valence-corrected chi connectivity index (χ3v) is 13.2. The first kappa shape index (κ1) is 46.9. The van der Waals surface area contributed by atoms with Crippen LogP contribution >= 0.6 is 0 Å². The van der Waals surface area contributed by atoms with Crippen molar-refractivity contribution in [1.29, 1.82) is 5.26 Å². The number of hydrogen-bond donors (Lipinski definition) is 2. The second-order valence-electron chi connectivity index (χ2n) is 17.1. The highest BCUT2D eigenvalue weighted by Gasteiger charge is 2.65. The SMILES string of the molecule is C=CCO[C@@]12Oc3ccc(Oc4ccc(OC)c(C=O)c4)cc3[C@H]3[C@H](CCCCO)[C@@H](CCCCO)C=C(C(=NOCC)C[C@@H]1N(Cc1ccc4c(c1)OCO4)C(=O)c1ccc(C#N)cc1)[C@H]32. The van der Waals surface area contributed by atoms with Crippen LogP contribution in [0.15, 0.2) is 108 Å². The largest absolute Gasteiger partial charge is 0.496 e. The molecule has 1 fully saturated rings. The van der Waals surface area contributed by atoms with Gasteiger partial charge >= 0.3 is 0 Å². The fourth-order valence-corrected chi connectivity index (χ4v) is 10.3. The highest BCUT2D eigenvalue weighted by atomic mass is 16.7. The minimum Gasteiger partial charge on any atom is -0.496 e. The molecule has 0 spiro atoms. The molecule has 2 heterocycles. The summed E-state index contributed by atoms with van der Waals surface area (Å²) in [6.45, 7) is 6.62. The van der Waals surface area contributed by atoms with E-state index >= 15 is 4.79 Å². The first-order valence-corrected chi connectivity index (χ1v) is 23.0. The predicted molar refractivity (Wildman–Crippen MR) is 249 cm³/mol. The van der Waals surface area contributed by atoms with Gasteiger partial charge in [0.2, 0.25) is 12.6 Å². The summed E-state index contributed by atoms with van der Waals surface area (Å²) in [7, 11) is 1.51. The second kappa shape index (κ2) is 21.3. The van der Waals surface area contributed by atoms with Gasteiger partial charge in [0.25, 0.3) is 5.91 Å². The van der Waals surface area contributed by atoms with E-state index in [0.29, 0.717) is 76.3 Å². The van der Waals surface area contributed by atoms with Gasteiger partial charge in [-0.05, 0) is 128 Å². The number of aliphatic hydroxyl groups is 2. The number of aliphatic hydroxyl groups excluding tert-OH is 2. The molecule has 1 saturated carbocycles. The van der Waals surface area contributed by atoms with Gasteiger partial charge in [-0.1, -0.05) is 36.2 Å². The standard InChI is InChI=1S/C53H57N3O11/c1-4-24-64-53-49(56(52(60)36-15-12-34(30-54)13-16-36)31-35-14-19-47-48(25-35)63-33-62-47)29-44(55-65-5-2)42-27-37(10-6-8-22-57)41(11-7-9-23-58)50(51(42)53)43-28-40(18-21-46(43)67-53)66-39-17-20-45(61-3)38(26-39)32-59/h4,12-21,25-28,32,37,41,49-51,57-58H,1,5-11,22-24,29,31,33H2,2-3H3/t37-,41+,49-,50+,51+,53+/m0/s1. The average molecular weight is 912 g/mol. The lowest BCUT2D eigenvalue weighted by Gasteiger charge is -2.60. The molecule has 14 nitrogen and oxygen atoms in total. The Morgan fingerprint density at radius 1 is 0.955 bits per heavy atom. The number of ether oxygens (including phenoxy) is 6. The van der Waals surface area contributed by atoms with Crippen LogP contribution in [-0.4, -0.2) is 85.2 Å². The van der Waals surface area contributed by atoms with Crippen molar-refractivity contribution in [3.63, 3.8) is 0 Å². The van der Waals surface area contributed by atoms with Gasteiger partial charge in [-0.3, -0.25) is 9.59 Å². The summed E-state index contributed by atoms with van der Waals surface area (Å²) in [5.74, 6) is 0.342. The number of aldehydes is 1. The number of hydrogen-bond acceptors (Lipinski definition) is 13. The molecular formula is C53H57N3O11. The van der Waals surface area contributed by atoms with Crippen LogP contribution in [-0.2, 0) is 16.1 Å². The maximum atomic E-state index is 15.4. The summed E-state index contributed by atoms with van der Waals surface area (Å²) in [4.78, 5) is 35.1. The lowest BCUT2D eigenvalue weighted by Crippen LogP contribution is -2.70. The molecular weight excluding hydrogens is 855 g/mol. The van der Waals surface area contributed by atoms with Crippen LogP contribution in [0.5, 0.6) is 34.5 Å². The maximum Gasteiger partial charge on any atom is 0.254 e. The Kier molecular flexibility index (Phi) is 14.9. The molecule has 67 heavy (non-hydrogen) atoms. The average Bonchev–Trinajstić information content (AvgIpc) is 3.83. The maximum absolute atomic E-state index is 15.4. The van der Waals surface area contributed by atoms with Crippen LogP contribution in [0.1, 0.15) is 95.2 Å². The van der Waals surface area contributed by atoms with Crippen LogP contribution < -0.4 is 23.7 Å². The van der Waals surface area contributed by atoms with E-state index in [1.807, 2.05) is 43.3 Å². The smallest absolute Gasteiger partial charge is 0.254 e. The van der Waals surface area contributed by atoms with E-state index in [1.165, 1.54) is 7.11 Å². The molecule has 0 saturated heterocycles. The van der Waals surface area contributed by atoms with E-state index < -0.39 is 17.7 Å². The molecule has 2 N–H and O–H groups in total. The third kappa shape index (κ3) is 9.63. The fourth-order valence-electron chi connectivity index (χ4n) is 10.3. The first-order chi connectivity index (χ1) is 32.8. The van der Waals surface area contributed by atoms with E-state index in [1.54, 1.807) is 53.4 Å². The highest BCUT2D eigenvalue weighted by molar-refractivity contribution is 6.03. The molecule has 0 unspecified atom stereocenters. The van der Waals surface area contributed by atoms with Gasteiger partial charge in [0.15, 0.2) is 17.8 Å². The molecule has 4 aliphatic rings. The number of amides is 1. The molecule has 14 heteroatoms. The molecule has 8 rings (SSSR count). The van der Waals surface area contributed by atoms with Crippen LogP contribution in [0, 0.1) is 29.1 Å². The van der Waals surface area contributed by atoms with Crippen molar-refractivity contribution in [2.75, 3.05) is 40.3 Å². The number of unbranched alkanes of at least 4 members (excludes halogenated alkanes) is 2. The van der Waals surface area contributed by atoms with Gasteiger partial charge in [0.05, 0.1) is 42.5 Å². The number of fused-ring (bicyclic) bond motifs is 3. The second-order valence-corrected chi connectivity index (χ2v) is 17.1. The molecule has 2 aliphatic carbocycles. The number of oxime groups is 1. The topological polar surface area (TPSA) is 179 Å². The normalized spacial score (nSPS) is 22.6. The fraction of sp³-hybridized carbons (Fsp3) is 0.396. The van der Waals surface area contributed by atoms with Crippen molar-refractivity contribution in [1.82, 2.24) is 4.90 Å². The third-order valence-electron chi connectivity index (χ3n) is 13.2. The summed E-state index contributed by atoms with van der Waals surface area (Å²) >= 11 is 0. The molecule has 0 radical (unpaired) electrons. The van der Waals surface area contributed by atoms with Gasteiger partial charge in [-0.25, -0.2) is 0 Å². The van der Waals surface area contributed by atoms with Crippen molar-refractivity contribution >= 4 is 17.9 Å². The van der Waals surface area contributed by atoms with Crippen LogP contribution in [0.3, 0.4) is 0 Å². The predicted octanol–water partition coefficient (Wildman–Crippen LogP) is 8.90. The first-order valence-electron chi connectivity index (χ1n) is 23.0. The Balaban J connectivity index is 1.35. The van der Waals surface area contributed by atoms with Crippen molar-refractivity contribution in [3.8, 4) is 40.6 Å². The number of benzene rings is 4. The van der Waals surface area contributed by atoms with E-state index in [-0.39, 0.29) is 63.2 Å².